The molecule has 0 fully saturated rings. The normalized spacial score (nSPS) is 12.5. The van der Waals surface area contributed by atoms with E-state index in [-0.39, 0.29) is 5.84 Å². The molecule has 18 heavy (non-hydrogen) atoms. The van der Waals surface area contributed by atoms with Crippen LogP contribution in [0.2, 0.25) is 0 Å². The average molecular weight is 249 g/mol. The van der Waals surface area contributed by atoms with Crippen molar-refractivity contribution < 1.29 is 0 Å². The maximum absolute atomic E-state index is 7.63. The zero-order chi connectivity index (χ0) is 13.7. The van der Waals surface area contributed by atoms with Crippen LogP contribution in [0.1, 0.15) is 19.4 Å². The minimum absolute atomic E-state index is 0.0635. The lowest BCUT2D eigenvalue weighted by Crippen LogP contribution is -2.41. The average Bonchev–Trinajstić information content (AvgIpc) is 2.29. The fourth-order valence-electron chi connectivity index (χ4n) is 2.13. The van der Waals surface area contributed by atoms with Crippen LogP contribution in [0.4, 0.5) is 5.82 Å². The molecule has 1 aromatic rings. The standard InChI is InChI=1S/C13H23N5/c1-5-18(10(2)9-17(3)4)13-11(12(14)15)7-6-8-16-13/h6-8,10H,5,9H2,1-4H3,(H3,14,15). The molecular weight excluding hydrogens is 226 g/mol. The molecule has 3 N–H and O–H groups in total. The second-order valence-electron chi connectivity index (χ2n) is 4.69. The zero-order valence-corrected chi connectivity index (χ0v) is 11.6. The molecule has 1 aromatic heterocycles. The van der Waals surface area contributed by atoms with Crippen molar-refractivity contribution in [3.8, 4) is 0 Å². The summed E-state index contributed by atoms with van der Waals surface area (Å²) in [5.74, 6) is 0.857. The van der Waals surface area contributed by atoms with Gasteiger partial charge in [-0.3, -0.25) is 5.41 Å². The number of hydrogen-bond acceptors (Lipinski definition) is 4. The van der Waals surface area contributed by atoms with Gasteiger partial charge in [0.2, 0.25) is 0 Å². The van der Waals surface area contributed by atoms with Gasteiger partial charge in [-0.1, -0.05) is 0 Å². The van der Waals surface area contributed by atoms with Crippen molar-refractivity contribution in [2.45, 2.75) is 19.9 Å². The van der Waals surface area contributed by atoms with Crippen LogP contribution < -0.4 is 10.6 Å². The van der Waals surface area contributed by atoms with Crippen molar-refractivity contribution in [2.24, 2.45) is 5.73 Å². The third-order valence-corrected chi connectivity index (χ3v) is 2.85. The van der Waals surface area contributed by atoms with Crippen molar-refractivity contribution in [1.29, 1.82) is 5.41 Å². The van der Waals surface area contributed by atoms with Gasteiger partial charge in [-0.15, -0.1) is 0 Å². The largest absolute Gasteiger partial charge is 0.384 e. The molecular formula is C13H23N5. The molecule has 0 saturated carbocycles. The molecule has 0 amide bonds. The van der Waals surface area contributed by atoms with E-state index in [1.165, 1.54) is 0 Å². The summed E-state index contributed by atoms with van der Waals surface area (Å²) < 4.78 is 0. The molecule has 0 aliphatic heterocycles. The van der Waals surface area contributed by atoms with E-state index in [4.69, 9.17) is 11.1 Å². The highest BCUT2D eigenvalue weighted by molar-refractivity contribution is 5.99. The van der Waals surface area contributed by atoms with Crippen molar-refractivity contribution >= 4 is 11.7 Å². The van der Waals surface area contributed by atoms with Gasteiger partial charge >= 0.3 is 0 Å². The molecule has 0 aromatic carbocycles. The lowest BCUT2D eigenvalue weighted by molar-refractivity contribution is 0.372. The highest BCUT2D eigenvalue weighted by Gasteiger charge is 2.18. The summed E-state index contributed by atoms with van der Waals surface area (Å²) in [5.41, 5.74) is 6.31. The molecule has 0 aliphatic rings. The van der Waals surface area contributed by atoms with Gasteiger partial charge in [-0.25, -0.2) is 4.98 Å². The molecule has 0 saturated heterocycles. The van der Waals surface area contributed by atoms with Gasteiger partial charge in [-0.2, -0.15) is 0 Å². The number of rotatable bonds is 6. The van der Waals surface area contributed by atoms with E-state index in [2.05, 4.69) is 42.7 Å². The molecule has 1 rings (SSSR count). The molecule has 5 nitrogen and oxygen atoms in total. The Kier molecular flexibility index (Phi) is 5.09. The van der Waals surface area contributed by atoms with E-state index in [1.807, 2.05) is 12.1 Å². The quantitative estimate of drug-likeness (QED) is 0.586. The van der Waals surface area contributed by atoms with Crippen LogP contribution in [0.15, 0.2) is 18.3 Å². The van der Waals surface area contributed by atoms with Gasteiger partial charge in [0.15, 0.2) is 0 Å². The summed E-state index contributed by atoms with van der Waals surface area (Å²) in [6.07, 6.45) is 1.74. The summed E-state index contributed by atoms with van der Waals surface area (Å²) in [7, 11) is 4.10. The van der Waals surface area contributed by atoms with Gasteiger partial charge in [0, 0.05) is 25.3 Å². The van der Waals surface area contributed by atoms with E-state index in [0.717, 1.165) is 18.9 Å². The van der Waals surface area contributed by atoms with Gasteiger partial charge in [0.1, 0.15) is 11.7 Å². The van der Waals surface area contributed by atoms with Crippen LogP contribution in [0.3, 0.4) is 0 Å². The van der Waals surface area contributed by atoms with E-state index in [1.54, 1.807) is 6.20 Å². The number of nitrogen functional groups attached to an aromatic ring is 1. The van der Waals surface area contributed by atoms with E-state index in [0.29, 0.717) is 11.6 Å². The van der Waals surface area contributed by atoms with Crippen molar-refractivity contribution in [2.75, 3.05) is 32.1 Å². The first kappa shape index (κ1) is 14.4. The number of nitrogens with one attached hydrogen (secondary N) is 1. The SMILES string of the molecule is CCN(c1ncccc1C(=N)N)C(C)CN(C)C. The lowest BCUT2D eigenvalue weighted by Gasteiger charge is -2.32. The van der Waals surface area contributed by atoms with E-state index >= 15 is 0 Å². The molecule has 0 radical (unpaired) electrons. The van der Waals surface area contributed by atoms with Gasteiger partial charge in [-0.05, 0) is 40.1 Å². The Bertz CT molecular complexity index is 402. The fraction of sp³-hybridized carbons (Fsp3) is 0.538. The molecule has 1 unspecified atom stereocenters. The number of aromatic nitrogens is 1. The Balaban J connectivity index is 3.05. The topological polar surface area (TPSA) is 69.2 Å². The van der Waals surface area contributed by atoms with Crippen molar-refractivity contribution in [1.82, 2.24) is 9.88 Å². The first-order valence-corrected chi connectivity index (χ1v) is 6.18. The second-order valence-corrected chi connectivity index (χ2v) is 4.69. The summed E-state index contributed by atoms with van der Waals surface area (Å²) >= 11 is 0. The van der Waals surface area contributed by atoms with Crippen molar-refractivity contribution in [3.63, 3.8) is 0 Å². The monoisotopic (exact) mass is 249 g/mol. The Labute approximate surface area is 109 Å². The molecule has 0 spiro atoms. The number of pyridine rings is 1. The van der Waals surface area contributed by atoms with E-state index < -0.39 is 0 Å². The Morgan fingerprint density at radius 2 is 2.17 bits per heavy atom. The van der Waals surface area contributed by atoms with Crippen LogP contribution in [-0.2, 0) is 0 Å². The summed E-state index contributed by atoms with van der Waals surface area (Å²) in [6.45, 7) is 6.01. The summed E-state index contributed by atoms with van der Waals surface area (Å²) in [4.78, 5) is 8.71. The Morgan fingerprint density at radius 1 is 1.50 bits per heavy atom. The zero-order valence-electron chi connectivity index (χ0n) is 11.6. The maximum atomic E-state index is 7.63. The second kappa shape index (κ2) is 6.35. The molecule has 0 aliphatic carbocycles. The number of likely N-dealkylation sites (N-methyl/N-ethyl adjacent to an activating group) is 2. The number of anilines is 1. The minimum Gasteiger partial charge on any atom is -0.384 e. The van der Waals surface area contributed by atoms with Crippen LogP contribution in [0.5, 0.6) is 0 Å². The smallest absolute Gasteiger partial charge is 0.139 e. The van der Waals surface area contributed by atoms with Gasteiger partial charge < -0.3 is 15.5 Å². The molecule has 0 bridgehead atoms. The van der Waals surface area contributed by atoms with Crippen molar-refractivity contribution in [3.05, 3.63) is 23.9 Å². The first-order valence-electron chi connectivity index (χ1n) is 6.18. The predicted molar refractivity (Wildman–Crippen MR) is 76.3 cm³/mol. The van der Waals surface area contributed by atoms with Gasteiger partial charge in [0.05, 0.1) is 5.56 Å². The summed E-state index contributed by atoms with van der Waals surface area (Å²) in [6, 6.07) is 3.97. The molecule has 1 atom stereocenters. The molecule has 5 heteroatoms. The number of hydrogen-bond donors (Lipinski definition) is 2. The Hall–Kier alpha value is -1.62. The number of amidine groups is 1. The molecule has 100 valence electrons. The summed E-state index contributed by atoms with van der Waals surface area (Å²) in [5, 5.41) is 7.63. The maximum Gasteiger partial charge on any atom is 0.139 e. The van der Waals surface area contributed by atoms with Crippen LogP contribution in [0, 0.1) is 5.41 Å². The number of nitrogens with two attached hydrogens (primary N) is 1. The highest BCUT2D eigenvalue weighted by atomic mass is 15.2. The van der Waals surface area contributed by atoms with E-state index in [9.17, 15) is 0 Å². The third kappa shape index (κ3) is 3.43. The highest BCUT2D eigenvalue weighted by Crippen LogP contribution is 2.19. The third-order valence-electron chi connectivity index (χ3n) is 2.85. The first-order chi connectivity index (χ1) is 8.47. The van der Waals surface area contributed by atoms with Crippen LogP contribution in [-0.4, -0.2) is 48.9 Å². The minimum atomic E-state index is 0.0635. The van der Waals surface area contributed by atoms with Crippen LogP contribution in [0.25, 0.3) is 0 Å². The fourth-order valence-corrected chi connectivity index (χ4v) is 2.13. The Morgan fingerprint density at radius 3 is 2.67 bits per heavy atom. The lowest BCUT2D eigenvalue weighted by atomic mass is 10.2. The predicted octanol–water partition coefficient (Wildman–Crippen LogP) is 1.14. The number of nitrogens with zero attached hydrogens (tertiary/aromatic N) is 3. The van der Waals surface area contributed by atoms with Gasteiger partial charge in [0.25, 0.3) is 0 Å². The molecule has 1 heterocycles. The van der Waals surface area contributed by atoms with Crippen LogP contribution >= 0.6 is 0 Å².